The number of benzene rings is 1. The van der Waals surface area contributed by atoms with Gasteiger partial charge in [-0.05, 0) is 56.8 Å². The molecule has 4 rings (SSSR count). The highest BCUT2D eigenvalue weighted by molar-refractivity contribution is 5.91. The number of anilines is 1. The third kappa shape index (κ3) is 3.93. The lowest BCUT2D eigenvalue weighted by Crippen LogP contribution is -2.38. The topological polar surface area (TPSA) is 50.2 Å². The molecule has 1 aromatic heterocycles. The number of hydrogen-bond acceptors (Lipinski definition) is 3. The number of carbonyl (C=O) groups excluding carboxylic acids is 1. The summed E-state index contributed by atoms with van der Waals surface area (Å²) in [6, 6.07) is 12.1. The van der Waals surface area contributed by atoms with E-state index in [1.807, 2.05) is 41.1 Å². The summed E-state index contributed by atoms with van der Waals surface area (Å²) in [5, 5.41) is 7.83. The molecule has 1 aliphatic carbocycles. The molecule has 1 saturated heterocycles. The quantitative estimate of drug-likeness (QED) is 0.909. The average Bonchev–Trinajstić information content (AvgIpc) is 3.39. The highest BCUT2D eigenvalue weighted by Gasteiger charge is 2.28. The number of nitrogens with zero attached hydrogens (tertiary/aromatic N) is 3. The van der Waals surface area contributed by atoms with Gasteiger partial charge in [-0.1, -0.05) is 25.1 Å². The SMILES string of the molecule is CC1CCN(CC(=O)Nc2cc(C3CC3)nn2-c2ccccc2)CC1. The van der Waals surface area contributed by atoms with Crippen molar-refractivity contribution >= 4 is 11.7 Å². The van der Waals surface area contributed by atoms with E-state index in [9.17, 15) is 4.79 Å². The lowest BCUT2D eigenvalue weighted by Gasteiger charge is -2.29. The molecule has 1 saturated carbocycles. The van der Waals surface area contributed by atoms with E-state index >= 15 is 0 Å². The first-order chi connectivity index (χ1) is 12.2. The van der Waals surface area contributed by atoms with E-state index in [4.69, 9.17) is 5.10 Å². The fourth-order valence-electron chi connectivity index (χ4n) is 3.44. The van der Waals surface area contributed by atoms with Crippen LogP contribution in [0, 0.1) is 5.92 Å². The zero-order valence-corrected chi connectivity index (χ0v) is 14.8. The molecule has 1 N–H and O–H groups in total. The van der Waals surface area contributed by atoms with Crippen LogP contribution in [-0.4, -0.2) is 40.2 Å². The summed E-state index contributed by atoms with van der Waals surface area (Å²) < 4.78 is 1.86. The van der Waals surface area contributed by atoms with Crippen LogP contribution in [0.3, 0.4) is 0 Å². The Hall–Kier alpha value is -2.14. The minimum atomic E-state index is 0.0500. The highest BCUT2D eigenvalue weighted by Crippen LogP contribution is 2.40. The lowest BCUT2D eigenvalue weighted by atomic mass is 9.99. The molecule has 2 aromatic rings. The van der Waals surface area contributed by atoms with Crippen LogP contribution in [0.15, 0.2) is 36.4 Å². The van der Waals surface area contributed by atoms with Gasteiger partial charge >= 0.3 is 0 Å². The Bertz CT molecular complexity index is 727. The van der Waals surface area contributed by atoms with Crippen molar-refractivity contribution in [1.82, 2.24) is 14.7 Å². The highest BCUT2D eigenvalue weighted by atomic mass is 16.2. The van der Waals surface area contributed by atoms with Gasteiger partial charge in [-0.25, -0.2) is 4.68 Å². The predicted octanol–water partition coefficient (Wildman–Crippen LogP) is 3.42. The first-order valence-electron chi connectivity index (χ1n) is 9.36. The molecule has 0 unspecified atom stereocenters. The number of nitrogens with one attached hydrogen (secondary N) is 1. The molecular weight excluding hydrogens is 312 g/mol. The number of hydrogen-bond donors (Lipinski definition) is 1. The normalized spacial score (nSPS) is 19.1. The summed E-state index contributed by atoms with van der Waals surface area (Å²) in [5.41, 5.74) is 2.07. The molecule has 0 atom stereocenters. The van der Waals surface area contributed by atoms with Crippen LogP contribution in [0.2, 0.25) is 0 Å². The van der Waals surface area contributed by atoms with E-state index in [1.165, 1.54) is 25.7 Å². The smallest absolute Gasteiger partial charge is 0.239 e. The number of aromatic nitrogens is 2. The van der Waals surface area contributed by atoms with E-state index in [0.717, 1.165) is 36.2 Å². The van der Waals surface area contributed by atoms with Gasteiger partial charge in [0.1, 0.15) is 5.82 Å². The van der Waals surface area contributed by atoms with Crippen molar-refractivity contribution in [2.45, 2.75) is 38.5 Å². The molecule has 1 amide bonds. The number of rotatable bonds is 5. The maximum Gasteiger partial charge on any atom is 0.239 e. The zero-order valence-electron chi connectivity index (χ0n) is 14.8. The van der Waals surface area contributed by atoms with Crippen molar-refractivity contribution in [3.8, 4) is 5.69 Å². The van der Waals surface area contributed by atoms with E-state index < -0.39 is 0 Å². The van der Waals surface area contributed by atoms with E-state index in [-0.39, 0.29) is 5.91 Å². The number of amides is 1. The Balaban J connectivity index is 1.48. The molecule has 2 heterocycles. The monoisotopic (exact) mass is 338 g/mol. The molecular formula is C20H26N4O. The minimum absolute atomic E-state index is 0.0500. The lowest BCUT2D eigenvalue weighted by molar-refractivity contribution is -0.117. The second kappa shape index (κ2) is 7.00. The van der Waals surface area contributed by atoms with Gasteiger partial charge in [-0.3, -0.25) is 9.69 Å². The molecule has 5 nitrogen and oxygen atoms in total. The van der Waals surface area contributed by atoms with Gasteiger partial charge in [-0.15, -0.1) is 0 Å². The third-order valence-electron chi connectivity index (χ3n) is 5.24. The molecule has 2 aliphatic rings. The first kappa shape index (κ1) is 16.3. The van der Waals surface area contributed by atoms with Crippen LogP contribution in [0.25, 0.3) is 5.69 Å². The number of likely N-dealkylation sites (tertiary alicyclic amines) is 1. The van der Waals surface area contributed by atoms with Crippen LogP contribution in [-0.2, 0) is 4.79 Å². The number of para-hydroxylation sites is 1. The average molecular weight is 338 g/mol. The summed E-state index contributed by atoms with van der Waals surface area (Å²) in [5.74, 6) is 2.17. The molecule has 1 aliphatic heterocycles. The number of piperidine rings is 1. The standard InChI is InChI=1S/C20H26N4O/c1-15-9-11-23(12-10-15)14-20(25)21-19-13-18(16-7-8-16)22-24(19)17-5-3-2-4-6-17/h2-6,13,15-16H,7-12,14H2,1H3,(H,21,25). The van der Waals surface area contributed by atoms with Gasteiger partial charge in [0.2, 0.25) is 5.91 Å². The summed E-state index contributed by atoms with van der Waals surface area (Å²) in [7, 11) is 0. The van der Waals surface area contributed by atoms with E-state index in [1.54, 1.807) is 0 Å². The van der Waals surface area contributed by atoms with Crippen LogP contribution >= 0.6 is 0 Å². The van der Waals surface area contributed by atoms with Crippen molar-refractivity contribution < 1.29 is 4.79 Å². The molecule has 5 heteroatoms. The first-order valence-corrected chi connectivity index (χ1v) is 9.36. The molecule has 132 valence electrons. The Morgan fingerprint density at radius 3 is 2.56 bits per heavy atom. The fourth-order valence-corrected chi connectivity index (χ4v) is 3.44. The minimum Gasteiger partial charge on any atom is -0.309 e. The second-order valence-electron chi connectivity index (χ2n) is 7.48. The van der Waals surface area contributed by atoms with Gasteiger partial charge in [-0.2, -0.15) is 5.10 Å². The molecule has 0 bridgehead atoms. The van der Waals surface area contributed by atoms with Crippen LogP contribution in [0.5, 0.6) is 0 Å². The maximum absolute atomic E-state index is 12.5. The summed E-state index contributed by atoms with van der Waals surface area (Å²) in [4.78, 5) is 14.8. The van der Waals surface area contributed by atoms with Gasteiger partial charge in [0.05, 0.1) is 17.9 Å². The van der Waals surface area contributed by atoms with Crippen molar-refractivity contribution in [2.24, 2.45) is 5.92 Å². The van der Waals surface area contributed by atoms with Crippen LogP contribution in [0.1, 0.15) is 44.2 Å². The molecule has 1 aromatic carbocycles. The van der Waals surface area contributed by atoms with Gasteiger partial charge in [0.15, 0.2) is 0 Å². The van der Waals surface area contributed by atoms with E-state index in [0.29, 0.717) is 12.5 Å². The number of carbonyl (C=O) groups is 1. The van der Waals surface area contributed by atoms with Gasteiger partial charge < -0.3 is 5.32 Å². The van der Waals surface area contributed by atoms with Crippen molar-refractivity contribution in [3.63, 3.8) is 0 Å². The molecule has 25 heavy (non-hydrogen) atoms. The Morgan fingerprint density at radius 2 is 1.88 bits per heavy atom. The Kier molecular flexibility index (Phi) is 4.57. The van der Waals surface area contributed by atoms with Crippen molar-refractivity contribution in [2.75, 3.05) is 25.0 Å². The second-order valence-corrected chi connectivity index (χ2v) is 7.48. The van der Waals surface area contributed by atoms with Crippen molar-refractivity contribution in [3.05, 3.63) is 42.1 Å². The summed E-state index contributed by atoms with van der Waals surface area (Å²) in [6.45, 7) is 4.78. The molecule has 0 radical (unpaired) electrons. The Labute approximate surface area is 149 Å². The van der Waals surface area contributed by atoms with E-state index in [2.05, 4.69) is 17.1 Å². The molecule has 2 fully saturated rings. The fraction of sp³-hybridized carbons (Fsp3) is 0.500. The maximum atomic E-state index is 12.5. The van der Waals surface area contributed by atoms with Gasteiger partial charge in [0.25, 0.3) is 0 Å². The van der Waals surface area contributed by atoms with Gasteiger partial charge in [0, 0.05) is 12.0 Å². The largest absolute Gasteiger partial charge is 0.309 e. The predicted molar refractivity (Wildman–Crippen MR) is 99.0 cm³/mol. The zero-order chi connectivity index (χ0) is 17.2. The Morgan fingerprint density at radius 1 is 1.16 bits per heavy atom. The third-order valence-corrected chi connectivity index (χ3v) is 5.24. The van der Waals surface area contributed by atoms with Crippen LogP contribution in [0.4, 0.5) is 5.82 Å². The molecule has 0 spiro atoms. The summed E-state index contributed by atoms with van der Waals surface area (Å²) in [6.07, 6.45) is 4.76. The summed E-state index contributed by atoms with van der Waals surface area (Å²) >= 11 is 0. The van der Waals surface area contributed by atoms with Crippen molar-refractivity contribution in [1.29, 1.82) is 0 Å². The van der Waals surface area contributed by atoms with Crippen LogP contribution < -0.4 is 5.32 Å².